The maximum Gasteiger partial charge on any atom is 0.243 e. The van der Waals surface area contributed by atoms with Gasteiger partial charge in [-0.3, -0.25) is 9.69 Å². The average molecular weight is 422 g/mol. The first-order chi connectivity index (χ1) is 13.3. The van der Waals surface area contributed by atoms with Gasteiger partial charge in [-0.05, 0) is 55.3 Å². The Morgan fingerprint density at radius 2 is 1.75 bits per heavy atom. The molecule has 0 aromatic heterocycles. The molecule has 3 rings (SSSR count). The molecule has 1 aliphatic rings. The minimum absolute atomic E-state index is 0.102. The SMILES string of the molecule is Cc1ccc(NC(=O)CN2CCN(S(=O)(=O)c3cccc(Cl)c3)CC2)cc1C. The zero-order chi connectivity index (χ0) is 20.3. The van der Waals surface area contributed by atoms with Gasteiger partial charge in [0, 0.05) is 36.9 Å². The number of nitrogens with one attached hydrogen (secondary N) is 1. The summed E-state index contributed by atoms with van der Waals surface area (Å²) in [6, 6.07) is 12.1. The molecule has 1 N–H and O–H groups in total. The van der Waals surface area contributed by atoms with Crippen molar-refractivity contribution in [3.8, 4) is 0 Å². The van der Waals surface area contributed by atoms with Gasteiger partial charge in [0.1, 0.15) is 0 Å². The molecule has 0 unspecified atom stereocenters. The number of anilines is 1. The Balaban J connectivity index is 1.55. The van der Waals surface area contributed by atoms with E-state index < -0.39 is 10.0 Å². The molecule has 0 saturated carbocycles. The maximum absolute atomic E-state index is 12.7. The zero-order valence-electron chi connectivity index (χ0n) is 16.0. The number of halogens is 1. The van der Waals surface area contributed by atoms with Crippen molar-refractivity contribution in [1.29, 1.82) is 0 Å². The molecule has 8 heteroatoms. The van der Waals surface area contributed by atoms with Crippen LogP contribution < -0.4 is 5.32 Å². The smallest absolute Gasteiger partial charge is 0.243 e. The lowest BCUT2D eigenvalue weighted by Crippen LogP contribution is -2.50. The maximum atomic E-state index is 12.7. The molecule has 6 nitrogen and oxygen atoms in total. The summed E-state index contributed by atoms with van der Waals surface area (Å²) in [5, 5.41) is 3.30. The lowest BCUT2D eigenvalue weighted by Gasteiger charge is -2.33. The second kappa shape index (κ2) is 8.61. The molecule has 0 radical (unpaired) electrons. The molecule has 1 saturated heterocycles. The lowest BCUT2D eigenvalue weighted by molar-refractivity contribution is -0.117. The van der Waals surface area contributed by atoms with Gasteiger partial charge in [-0.2, -0.15) is 4.31 Å². The summed E-state index contributed by atoms with van der Waals surface area (Å²) in [5.41, 5.74) is 3.07. The van der Waals surface area contributed by atoms with E-state index in [2.05, 4.69) is 5.32 Å². The number of hydrogen-bond acceptors (Lipinski definition) is 4. The molecule has 1 amide bonds. The van der Waals surface area contributed by atoms with E-state index in [1.54, 1.807) is 18.2 Å². The Morgan fingerprint density at radius 1 is 1.04 bits per heavy atom. The van der Waals surface area contributed by atoms with Gasteiger partial charge in [0.15, 0.2) is 0 Å². The van der Waals surface area contributed by atoms with Crippen LogP contribution in [0.15, 0.2) is 47.4 Å². The first-order valence-electron chi connectivity index (χ1n) is 9.11. The van der Waals surface area contributed by atoms with E-state index in [0.717, 1.165) is 11.3 Å². The van der Waals surface area contributed by atoms with Crippen LogP contribution in [-0.2, 0) is 14.8 Å². The third-order valence-corrected chi connectivity index (χ3v) is 7.05. The Hall–Kier alpha value is -1.93. The number of benzene rings is 2. The lowest BCUT2D eigenvalue weighted by atomic mass is 10.1. The largest absolute Gasteiger partial charge is 0.325 e. The number of carbonyl (C=O) groups is 1. The van der Waals surface area contributed by atoms with Crippen molar-refractivity contribution in [2.24, 2.45) is 0 Å². The Labute approximate surface area is 171 Å². The summed E-state index contributed by atoms with van der Waals surface area (Å²) < 4.78 is 26.9. The number of nitrogens with zero attached hydrogens (tertiary/aromatic N) is 2. The number of carbonyl (C=O) groups excluding carboxylic acids is 1. The summed E-state index contributed by atoms with van der Waals surface area (Å²) in [5.74, 6) is -0.102. The third-order valence-electron chi connectivity index (χ3n) is 4.92. The fourth-order valence-corrected chi connectivity index (χ4v) is 4.85. The van der Waals surface area contributed by atoms with E-state index in [9.17, 15) is 13.2 Å². The van der Waals surface area contributed by atoms with Gasteiger partial charge in [-0.1, -0.05) is 23.7 Å². The molecule has 1 heterocycles. The van der Waals surface area contributed by atoms with Gasteiger partial charge in [-0.25, -0.2) is 8.42 Å². The summed E-state index contributed by atoms with van der Waals surface area (Å²) >= 11 is 5.92. The van der Waals surface area contributed by atoms with Gasteiger partial charge >= 0.3 is 0 Å². The molecule has 150 valence electrons. The third kappa shape index (κ3) is 4.91. The van der Waals surface area contributed by atoms with Crippen LogP contribution >= 0.6 is 11.6 Å². The Bertz CT molecular complexity index is 970. The molecule has 0 bridgehead atoms. The van der Waals surface area contributed by atoms with Crippen LogP contribution in [0.4, 0.5) is 5.69 Å². The Kier molecular flexibility index (Phi) is 6.40. The number of sulfonamides is 1. The highest BCUT2D eigenvalue weighted by atomic mass is 35.5. The van der Waals surface area contributed by atoms with Crippen molar-refractivity contribution in [2.45, 2.75) is 18.7 Å². The van der Waals surface area contributed by atoms with Gasteiger partial charge in [0.05, 0.1) is 11.4 Å². The average Bonchev–Trinajstić information content (AvgIpc) is 2.65. The summed E-state index contributed by atoms with van der Waals surface area (Å²) in [6.45, 7) is 5.94. The topological polar surface area (TPSA) is 69.7 Å². The second-order valence-electron chi connectivity index (χ2n) is 6.98. The van der Waals surface area contributed by atoms with Gasteiger partial charge in [0.2, 0.25) is 15.9 Å². The van der Waals surface area contributed by atoms with Crippen molar-refractivity contribution in [3.05, 3.63) is 58.6 Å². The summed E-state index contributed by atoms with van der Waals surface area (Å²) in [4.78, 5) is 14.5. The van der Waals surface area contributed by atoms with Crippen molar-refractivity contribution < 1.29 is 13.2 Å². The van der Waals surface area contributed by atoms with Crippen molar-refractivity contribution in [3.63, 3.8) is 0 Å². The monoisotopic (exact) mass is 421 g/mol. The number of piperazine rings is 1. The van der Waals surface area contributed by atoms with Gasteiger partial charge in [0.25, 0.3) is 0 Å². The minimum Gasteiger partial charge on any atom is -0.325 e. The minimum atomic E-state index is -3.57. The second-order valence-corrected chi connectivity index (χ2v) is 9.36. The van der Waals surface area contributed by atoms with Crippen LogP contribution in [-0.4, -0.2) is 56.3 Å². The van der Waals surface area contributed by atoms with E-state index in [4.69, 9.17) is 11.6 Å². The predicted octanol–water partition coefficient (Wildman–Crippen LogP) is 2.90. The highest BCUT2D eigenvalue weighted by Gasteiger charge is 2.29. The highest BCUT2D eigenvalue weighted by Crippen LogP contribution is 2.21. The van der Waals surface area contributed by atoms with Crippen LogP contribution in [0.25, 0.3) is 0 Å². The molecule has 0 spiro atoms. The van der Waals surface area contributed by atoms with Crippen LogP contribution in [0.3, 0.4) is 0 Å². The number of aryl methyl sites for hydroxylation is 2. The van der Waals surface area contributed by atoms with E-state index >= 15 is 0 Å². The molecule has 0 aliphatic carbocycles. The van der Waals surface area contributed by atoms with Crippen LogP contribution in [0.5, 0.6) is 0 Å². The zero-order valence-corrected chi connectivity index (χ0v) is 17.6. The highest BCUT2D eigenvalue weighted by molar-refractivity contribution is 7.89. The molecular weight excluding hydrogens is 398 g/mol. The van der Waals surface area contributed by atoms with Gasteiger partial charge in [-0.15, -0.1) is 0 Å². The fourth-order valence-electron chi connectivity index (χ4n) is 3.13. The molecule has 28 heavy (non-hydrogen) atoms. The first kappa shape index (κ1) is 20.8. The predicted molar refractivity (Wildman–Crippen MR) is 111 cm³/mol. The number of amides is 1. The van der Waals surface area contributed by atoms with E-state index in [-0.39, 0.29) is 17.3 Å². The Morgan fingerprint density at radius 3 is 2.39 bits per heavy atom. The summed E-state index contributed by atoms with van der Waals surface area (Å²) in [7, 11) is -3.57. The van der Waals surface area contributed by atoms with Gasteiger partial charge < -0.3 is 5.32 Å². The molecule has 1 aliphatic heterocycles. The summed E-state index contributed by atoms with van der Waals surface area (Å²) in [6.07, 6.45) is 0. The fraction of sp³-hybridized carbons (Fsp3) is 0.350. The first-order valence-corrected chi connectivity index (χ1v) is 10.9. The van der Waals surface area contributed by atoms with Crippen LogP contribution in [0, 0.1) is 13.8 Å². The molecular formula is C20H24ClN3O3S. The molecule has 2 aromatic rings. The van der Waals surface area contributed by atoms with Crippen molar-refractivity contribution in [2.75, 3.05) is 38.0 Å². The van der Waals surface area contributed by atoms with E-state index in [1.807, 2.05) is 36.9 Å². The molecule has 1 fully saturated rings. The van der Waals surface area contributed by atoms with Crippen LogP contribution in [0.1, 0.15) is 11.1 Å². The molecule has 0 atom stereocenters. The molecule has 2 aromatic carbocycles. The number of hydrogen-bond donors (Lipinski definition) is 1. The van der Waals surface area contributed by atoms with Crippen LogP contribution in [0.2, 0.25) is 5.02 Å². The van der Waals surface area contributed by atoms with E-state index in [0.29, 0.717) is 31.2 Å². The van der Waals surface area contributed by atoms with E-state index in [1.165, 1.54) is 15.9 Å². The standard InChI is InChI=1S/C20H24ClN3O3S/c1-15-6-7-18(12-16(15)2)22-20(25)14-23-8-10-24(11-9-23)28(26,27)19-5-3-4-17(21)13-19/h3-7,12-13H,8-11,14H2,1-2H3,(H,22,25). The normalized spacial score (nSPS) is 16.1. The number of rotatable bonds is 5. The quantitative estimate of drug-likeness (QED) is 0.805. The van der Waals surface area contributed by atoms with Crippen molar-refractivity contribution in [1.82, 2.24) is 9.21 Å². The van der Waals surface area contributed by atoms with Crippen molar-refractivity contribution >= 4 is 33.2 Å².